The van der Waals surface area contributed by atoms with Crippen molar-refractivity contribution in [3.8, 4) is 0 Å². The van der Waals surface area contributed by atoms with E-state index in [4.69, 9.17) is 0 Å². The maximum absolute atomic E-state index is 12.3. The largest absolute Gasteiger partial charge is 0.355 e. The van der Waals surface area contributed by atoms with Crippen molar-refractivity contribution in [1.82, 2.24) is 15.3 Å². The van der Waals surface area contributed by atoms with E-state index in [0.717, 1.165) is 21.7 Å². The predicted molar refractivity (Wildman–Crippen MR) is 112 cm³/mol. The van der Waals surface area contributed by atoms with Crippen molar-refractivity contribution in [2.75, 3.05) is 6.54 Å². The van der Waals surface area contributed by atoms with Crippen molar-refractivity contribution in [3.63, 3.8) is 0 Å². The van der Waals surface area contributed by atoms with Gasteiger partial charge in [-0.2, -0.15) is 0 Å². The van der Waals surface area contributed by atoms with E-state index in [9.17, 15) is 9.59 Å². The standard InChI is InChI=1S/C18H21N3O2S3/c1-10-11(2)26-18-15(10)17(23)20-14(21-18)9-25-12(3)16(22)19-7-6-13-5-4-8-24-13/h4-5,8,12H,6-7,9H2,1-3H3,(H,19,22)(H,20,21,23). The molecule has 0 fully saturated rings. The highest BCUT2D eigenvalue weighted by Gasteiger charge is 2.16. The molecule has 0 aromatic carbocycles. The molecule has 0 aliphatic heterocycles. The third kappa shape index (κ3) is 4.36. The quantitative estimate of drug-likeness (QED) is 0.627. The highest BCUT2D eigenvalue weighted by atomic mass is 32.2. The molecule has 3 heterocycles. The van der Waals surface area contributed by atoms with Crippen LogP contribution in [-0.4, -0.2) is 27.7 Å². The van der Waals surface area contributed by atoms with Crippen LogP contribution in [0, 0.1) is 13.8 Å². The second-order valence-corrected chi connectivity index (χ2v) is 9.61. The van der Waals surface area contributed by atoms with Crippen LogP contribution in [0.3, 0.4) is 0 Å². The molecule has 0 saturated heterocycles. The van der Waals surface area contributed by atoms with E-state index in [1.165, 1.54) is 28.0 Å². The normalized spacial score (nSPS) is 12.4. The monoisotopic (exact) mass is 407 g/mol. The number of thiophene rings is 2. The van der Waals surface area contributed by atoms with Crippen molar-refractivity contribution < 1.29 is 4.79 Å². The third-order valence-electron chi connectivity index (χ3n) is 4.18. The number of nitrogens with zero attached hydrogens (tertiary/aromatic N) is 1. The Bertz CT molecular complexity index is 960. The fourth-order valence-electron chi connectivity index (χ4n) is 2.55. The molecule has 3 aromatic rings. The fraction of sp³-hybridized carbons (Fsp3) is 0.389. The van der Waals surface area contributed by atoms with Gasteiger partial charge in [0.15, 0.2) is 0 Å². The Labute approximate surface area is 164 Å². The summed E-state index contributed by atoms with van der Waals surface area (Å²) < 4.78 is 0. The Morgan fingerprint density at radius 1 is 1.42 bits per heavy atom. The first kappa shape index (κ1) is 19.1. The number of H-pyrrole nitrogens is 1. The van der Waals surface area contributed by atoms with E-state index >= 15 is 0 Å². The first-order valence-electron chi connectivity index (χ1n) is 8.36. The summed E-state index contributed by atoms with van der Waals surface area (Å²) in [6, 6.07) is 4.09. The van der Waals surface area contributed by atoms with Gasteiger partial charge < -0.3 is 10.3 Å². The molecule has 0 spiro atoms. The lowest BCUT2D eigenvalue weighted by Crippen LogP contribution is -2.32. The average molecular weight is 408 g/mol. The Morgan fingerprint density at radius 2 is 2.23 bits per heavy atom. The van der Waals surface area contributed by atoms with Gasteiger partial charge in [0.05, 0.1) is 16.4 Å². The van der Waals surface area contributed by atoms with Gasteiger partial charge in [-0.25, -0.2) is 4.98 Å². The van der Waals surface area contributed by atoms with Crippen molar-refractivity contribution in [1.29, 1.82) is 0 Å². The van der Waals surface area contributed by atoms with Gasteiger partial charge in [-0.1, -0.05) is 6.07 Å². The SMILES string of the molecule is Cc1sc2nc(CSC(C)C(=O)NCCc3cccs3)[nH]c(=O)c2c1C. The van der Waals surface area contributed by atoms with E-state index in [1.807, 2.05) is 32.2 Å². The van der Waals surface area contributed by atoms with Crippen LogP contribution in [-0.2, 0) is 17.0 Å². The Balaban J connectivity index is 1.55. The number of rotatable bonds is 7. The fourth-order valence-corrected chi connectivity index (χ4v) is 5.09. The summed E-state index contributed by atoms with van der Waals surface area (Å²) in [5.74, 6) is 1.13. The first-order chi connectivity index (χ1) is 12.5. The van der Waals surface area contributed by atoms with E-state index < -0.39 is 0 Å². The van der Waals surface area contributed by atoms with Crippen LogP contribution in [0.5, 0.6) is 0 Å². The van der Waals surface area contributed by atoms with Crippen LogP contribution in [0.1, 0.15) is 28.1 Å². The van der Waals surface area contributed by atoms with Gasteiger partial charge in [0.2, 0.25) is 5.91 Å². The lowest BCUT2D eigenvalue weighted by molar-refractivity contribution is -0.120. The zero-order valence-electron chi connectivity index (χ0n) is 14.9. The summed E-state index contributed by atoms with van der Waals surface area (Å²) in [4.78, 5) is 35.0. The van der Waals surface area contributed by atoms with Crippen LogP contribution in [0.2, 0.25) is 0 Å². The molecular weight excluding hydrogens is 386 g/mol. The maximum atomic E-state index is 12.3. The molecule has 0 aliphatic rings. The van der Waals surface area contributed by atoms with E-state index in [2.05, 4.69) is 21.4 Å². The molecule has 1 atom stereocenters. The molecule has 5 nitrogen and oxygen atoms in total. The molecule has 1 amide bonds. The molecule has 0 saturated carbocycles. The van der Waals surface area contributed by atoms with Gasteiger partial charge in [-0.3, -0.25) is 9.59 Å². The number of carbonyl (C=O) groups excluding carboxylic acids is 1. The van der Waals surface area contributed by atoms with E-state index in [0.29, 0.717) is 23.5 Å². The van der Waals surface area contributed by atoms with Crippen LogP contribution < -0.4 is 10.9 Å². The van der Waals surface area contributed by atoms with E-state index in [1.54, 1.807) is 11.3 Å². The minimum absolute atomic E-state index is 0.0118. The van der Waals surface area contributed by atoms with Crippen molar-refractivity contribution in [3.05, 3.63) is 49.0 Å². The van der Waals surface area contributed by atoms with E-state index in [-0.39, 0.29) is 16.7 Å². The number of amides is 1. The van der Waals surface area contributed by atoms with Gasteiger partial charge in [0, 0.05) is 16.3 Å². The second kappa shape index (κ2) is 8.37. The molecule has 26 heavy (non-hydrogen) atoms. The molecule has 0 radical (unpaired) electrons. The number of hydrogen-bond donors (Lipinski definition) is 2. The Hall–Kier alpha value is -1.64. The first-order valence-corrected chi connectivity index (χ1v) is 11.1. The highest BCUT2D eigenvalue weighted by Crippen LogP contribution is 2.26. The van der Waals surface area contributed by atoms with Gasteiger partial charge >= 0.3 is 0 Å². The van der Waals surface area contributed by atoms with Crippen LogP contribution in [0.25, 0.3) is 10.2 Å². The Kier molecular flexibility index (Phi) is 6.16. The third-order valence-corrected chi connectivity index (χ3v) is 7.37. The molecule has 3 aromatic heterocycles. The molecule has 8 heteroatoms. The number of carbonyl (C=O) groups is 1. The minimum atomic E-state index is -0.203. The molecule has 3 rings (SSSR count). The summed E-state index contributed by atoms with van der Waals surface area (Å²) in [5.41, 5.74) is 0.900. The van der Waals surface area contributed by atoms with Crippen molar-refractivity contribution in [2.24, 2.45) is 0 Å². The van der Waals surface area contributed by atoms with Gasteiger partial charge in [-0.15, -0.1) is 34.4 Å². The highest BCUT2D eigenvalue weighted by molar-refractivity contribution is 7.99. The summed E-state index contributed by atoms with van der Waals surface area (Å²) in [5, 5.41) is 5.48. The number of aromatic amines is 1. The number of thioether (sulfide) groups is 1. The number of aromatic nitrogens is 2. The van der Waals surface area contributed by atoms with Crippen LogP contribution >= 0.6 is 34.4 Å². The molecule has 138 valence electrons. The lowest BCUT2D eigenvalue weighted by Gasteiger charge is -2.11. The minimum Gasteiger partial charge on any atom is -0.355 e. The van der Waals surface area contributed by atoms with Crippen LogP contribution in [0.4, 0.5) is 0 Å². The summed E-state index contributed by atoms with van der Waals surface area (Å²) in [7, 11) is 0. The van der Waals surface area contributed by atoms with Crippen LogP contribution in [0.15, 0.2) is 22.3 Å². The summed E-state index contributed by atoms with van der Waals surface area (Å²) in [6.45, 7) is 6.46. The summed E-state index contributed by atoms with van der Waals surface area (Å²) in [6.07, 6.45) is 0.851. The Morgan fingerprint density at radius 3 is 2.96 bits per heavy atom. The smallest absolute Gasteiger partial charge is 0.259 e. The second-order valence-electron chi connectivity index (χ2n) is 6.05. The number of fused-ring (bicyclic) bond motifs is 1. The summed E-state index contributed by atoms with van der Waals surface area (Å²) >= 11 is 4.71. The molecule has 1 unspecified atom stereocenters. The topological polar surface area (TPSA) is 74.8 Å². The van der Waals surface area contributed by atoms with Crippen molar-refractivity contribution >= 4 is 50.6 Å². The predicted octanol–water partition coefficient (Wildman–Crippen LogP) is 3.64. The number of aryl methyl sites for hydroxylation is 2. The maximum Gasteiger partial charge on any atom is 0.259 e. The molecule has 2 N–H and O–H groups in total. The molecule has 0 aliphatic carbocycles. The lowest BCUT2D eigenvalue weighted by atomic mass is 10.2. The van der Waals surface area contributed by atoms with Gasteiger partial charge in [0.25, 0.3) is 5.56 Å². The zero-order valence-corrected chi connectivity index (χ0v) is 17.4. The average Bonchev–Trinajstić information content (AvgIpc) is 3.21. The number of hydrogen-bond acceptors (Lipinski definition) is 6. The van der Waals surface area contributed by atoms with Crippen molar-refractivity contribution in [2.45, 2.75) is 38.2 Å². The number of nitrogens with one attached hydrogen (secondary N) is 2. The van der Waals surface area contributed by atoms with Gasteiger partial charge in [-0.05, 0) is 44.2 Å². The van der Waals surface area contributed by atoms with Gasteiger partial charge in [0.1, 0.15) is 10.7 Å². The zero-order chi connectivity index (χ0) is 18.7. The molecular formula is C18H21N3O2S3. The molecule has 0 bridgehead atoms.